The minimum Gasteiger partial charge on any atom is -0.489 e. The fourth-order valence-corrected chi connectivity index (χ4v) is 5.59. The summed E-state index contributed by atoms with van der Waals surface area (Å²) in [6.07, 6.45) is 1.61. The molecule has 1 aliphatic heterocycles. The van der Waals surface area contributed by atoms with E-state index in [2.05, 4.69) is 16.0 Å². The number of rotatable bonds is 12. The highest BCUT2D eigenvalue weighted by atomic mass is 32.2. The van der Waals surface area contributed by atoms with E-state index >= 15 is 0 Å². The first-order valence-electron chi connectivity index (χ1n) is 15.6. The predicted octanol–water partition coefficient (Wildman–Crippen LogP) is 7.18. The molecule has 1 aliphatic rings. The van der Waals surface area contributed by atoms with Gasteiger partial charge in [-0.15, -0.1) is 11.8 Å². The number of hydrogen-bond donors (Lipinski definition) is 3. The Labute approximate surface area is 288 Å². The summed E-state index contributed by atoms with van der Waals surface area (Å²) in [7, 11) is 0. The molecule has 0 fully saturated rings. The third-order valence-corrected chi connectivity index (χ3v) is 8.25. The van der Waals surface area contributed by atoms with Crippen LogP contribution in [0.1, 0.15) is 21.5 Å². The van der Waals surface area contributed by atoms with Crippen LogP contribution in [0.3, 0.4) is 0 Å². The highest BCUT2D eigenvalue weighted by Crippen LogP contribution is 2.33. The first-order chi connectivity index (χ1) is 24.0. The lowest BCUT2D eigenvalue weighted by atomic mass is 10.1. The molecule has 3 N–H and O–H groups in total. The number of ether oxygens (including phenoxy) is 3. The first kappa shape index (κ1) is 32.9. The van der Waals surface area contributed by atoms with E-state index in [4.69, 9.17) is 14.2 Å². The molecule has 5 aromatic rings. The molecule has 3 amide bonds. The number of anilines is 2. The first-order valence-corrected chi connectivity index (χ1v) is 16.6. The molecule has 246 valence electrons. The van der Waals surface area contributed by atoms with E-state index in [1.54, 1.807) is 66.7 Å². The number of thioether (sulfide) groups is 1. The quantitative estimate of drug-likeness (QED) is 0.0951. The van der Waals surface area contributed by atoms with Crippen LogP contribution in [0.4, 0.5) is 11.4 Å². The van der Waals surface area contributed by atoms with Gasteiger partial charge in [0.1, 0.15) is 31.3 Å². The van der Waals surface area contributed by atoms with E-state index in [1.807, 2.05) is 66.7 Å². The van der Waals surface area contributed by atoms with Crippen molar-refractivity contribution in [3.63, 3.8) is 0 Å². The van der Waals surface area contributed by atoms with Crippen LogP contribution in [0.2, 0.25) is 0 Å². The highest BCUT2D eigenvalue weighted by molar-refractivity contribution is 8.00. The normalized spacial score (nSPS) is 12.0. The predicted molar refractivity (Wildman–Crippen MR) is 191 cm³/mol. The van der Waals surface area contributed by atoms with Gasteiger partial charge in [0.25, 0.3) is 11.8 Å². The topological polar surface area (TPSA) is 115 Å². The van der Waals surface area contributed by atoms with Crippen molar-refractivity contribution in [2.75, 3.05) is 29.6 Å². The maximum atomic E-state index is 13.6. The van der Waals surface area contributed by atoms with Gasteiger partial charge >= 0.3 is 0 Å². The molecule has 9 nitrogen and oxygen atoms in total. The lowest BCUT2D eigenvalue weighted by molar-refractivity contribution is -0.114. The van der Waals surface area contributed by atoms with E-state index in [9.17, 15) is 14.4 Å². The molecule has 0 saturated carbocycles. The summed E-state index contributed by atoms with van der Waals surface area (Å²) in [6.45, 7) is 1.38. The zero-order valence-electron chi connectivity index (χ0n) is 26.4. The smallest absolute Gasteiger partial charge is 0.272 e. The largest absolute Gasteiger partial charge is 0.489 e. The molecular formula is C39H33N3O6S. The molecule has 0 aromatic heterocycles. The second kappa shape index (κ2) is 16.2. The SMILES string of the molecule is O=C(CSc1cccc(NC(=O)/C(=C\c2ccc(OCc3ccccc3)cc2)NC(=O)c2ccccc2)c1)Nc1ccc2c(c1)OCCO2. The molecule has 0 bridgehead atoms. The van der Waals surface area contributed by atoms with Gasteiger partial charge in [-0.1, -0.05) is 66.7 Å². The van der Waals surface area contributed by atoms with Crippen LogP contribution in [0.5, 0.6) is 17.2 Å². The Morgan fingerprint density at radius 2 is 1.43 bits per heavy atom. The zero-order chi connectivity index (χ0) is 33.8. The van der Waals surface area contributed by atoms with Gasteiger partial charge in [-0.2, -0.15) is 0 Å². The Morgan fingerprint density at radius 3 is 2.20 bits per heavy atom. The monoisotopic (exact) mass is 671 g/mol. The third kappa shape index (κ3) is 9.52. The fourth-order valence-electron chi connectivity index (χ4n) is 4.84. The Kier molecular flexibility index (Phi) is 10.9. The summed E-state index contributed by atoms with van der Waals surface area (Å²) in [6, 6.07) is 38.2. The molecule has 5 aromatic carbocycles. The Bertz CT molecular complexity index is 1950. The van der Waals surface area contributed by atoms with Crippen molar-refractivity contribution < 1.29 is 28.6 Å². The van der Waals surface area contributed by atoms with Gasteiger partial charge in [0.2, 0.25) is 5.91 Å². The molecule has 0 unspecified atom stereocenters. The van der Waals surface area contributed by atoms with Crippen LogP contribution >= 0.6 is 11.8 Å². The summed E-state index contributed by atoms with van der Waals surface area (Å²) < 4.78 is 17.0. The van der Waals surface area contributed by atoms with E-state index in [1.165, 1.54) is 11.8 Å². The number of benzene rings is 5. The number of nitrogens with one attached hydrogen (secondary N) is 3. The maximum absolute atomic E-state index is 13.6. The molecule has 0 spiro atoms. The van der Waals surface area contributed by atoms with Gasteiger partial charge in [0.15, 0.2) is 11.5 Å². The Hall–Kier alpha value is -6.00. The van der Waals surface area contributed by atoms with Crippen LogP contribution < -0.4 is 30.2 Å². The van der Waals surface area contributed by atoms with Crippen molar-refractivity contribution in [2.24, 2.45) is 0 Å². The molecule has 0 radical (unpaired) electrons. The van der Waals surface area contributed by atoms with Crippen molar-refractivity contribution in [1.29, 1.82) is 0 Å². The Balaban J connectivity index is 1.10. The molecule has 6 rings (SSSR count). The number of carbonyl (C=O) groups is 3. The van der Waals surface area contributed by atoms with Gasteiger partial charge in [0.05, 0.1) is 5.75 Å². The van der Waals surface area contributed by atoms with Crippen LogP contribution in [-0.4, -0.2) is 36.7 Å². The molecule has 0 aliphatic carbocycles. The van der Waals surface area contributed by atoms with Gasteiger partial charge in [0, 0.05) is 27.9 Å². The van der Waals surface area contributed by atoms with Crippen molar-refractivity contribution in [1.82, 2.24) is 5.32 Å². The number of fused-ring (bicyclic) bond motifs is 1. The second-order valence-electron chi connectivity index (χ2n) is 10.9. The van der Waals surface area contributed by atoms with Crippen LogP contribution in [0, 0.1) is 0 Å². The minimum absolute atomic E-state index is 0.0590. The summed E-state index contributed by atoms with van der Waals surface area (Å²) in [5, 5.41) is 8.52. The van der Waals surface area contributed by atoms with Crippen molar-refractivity contribution in [2.45, 2.75) is 11.5 Å². The lowest BCUT2D eigenvalue weighted by Crippen LogP contribution is -2.30. The molecule has 10 heteroatoms. The summed E-state index contributed by atoms with van der Waals surface area (Å²) in [5.41, 5.74) is 3.34. The number of carbonyl (C=O) groups excluding carboxylic acids is 3. The van der Waals surface area contributed by atoms with E-state index < -0.39 is 11.8 Å². The standard InChI is InChI=1S/C39H33N3O6S/c43-37(40-31-16-19-35-36(24-31)47-21-20-46-35)26-49-33-13-7-12-30(23-33)41-39(45)34(42-38(44)29-10-5-2-6-11-29)22-27-14-17-32(18-15-27)48-25-28-8-3-1-4-9-28/h1-19,22-24H,20-21,25-26H2,(H,40,43)(H,41,45)(H,42,44)/b34-22+. The molecule has 49 heavy (non-hydrogen) atoms. The highest BCUT2D eigenvalue weighted by Gasteiger charge is 2.16. The van der Waals surface area contributed by atoms with Crippen molar-refractivity contribution >= 4 is 46.9 Å². The van der Waals surface area contributed by atoms with Crippen LogP contribution in [-0.2, 0) is 16.2 Å². The van der Waals surface area contributed by atoms with Crippen LogP contribution in [0.25, 0.3) is 6.08 Å². The number of hydrogen-bond acceptors (Lipinski definition) is 7. The molecule has 0 atom stereocenters. The van der Waals surface area contributed by atoms with Crippen molar-refractivity contribution in [3.05, 3.63) is 150 Å². The lowest BCUT2D eigenvalue weighted by Gasteiger charge is -2.19. The average Bonchev–Trinajstić information content (AvgIpc) is 3.14. The fraction of sp³-hybridized carbons (Fsp3) is 0.103. The van der Waals surface area contributed by atoms with E-state index in [0.717, 1.165) is 10.5 Å². The zero-order valence-corrected chi connectivity index (χ0v) is 27.2. The van der Waals surface area contributed by atoms with Crippen LogP contribution in [0.15, 0.2) is 138 Å². The molecular weight excluding hydrogens is 639 g/mol. The van der Waals surface area contributed by atoms with E-state index in [-0.39, 0.29) is 17.4 Å². The summed E-state index contributed by atoms with van der Waals surface area (Å²) >= 11 is 1.33. The average molecular weight is 672 g/mol. The second-order valence-corrected chi connectivity index (χ2v) is 11.9. The third-order valence-electron chi connectivity index (χ3n) is 7.26. The van der Waals surface area contributed by atoms with Crippen molar-refractivity contribution in [3.8, 4) is 17.2 Å². The molecule has 1 heterocycles. The van der Waals surface area contributed by atoms with Gasteiger partial charge in [-0.3, -0.25) is 14.4 Å². The molecule has 0 saturated heterocycles. The maximum Gasteiger partial charge on any atom is 0.272 e. The van der Waals surface area contributed by atoms with E-state index in [0.29, 0.717) is 59.6 Å². The summed E-state index contributed by atoms with van der Waals surface area (Å²) in [4.78, 5) is 40.1. The van der Waals surface area contributed by atoms with Gasteiger partial charge < -0.3 is 30.2 Å². The van der Waals surface area contributed by atoms with Gasteiger partial charge in [-0.25, -0.2) is 0 Å². The summed E-state index contributed by atoms with van der Waals surface area (Å²) in [5.74, 6) is 0.951. The van der Waals surface area contributed by atoms with Gasteiger partial charge in [-0.05, 0) is 71.8 Å². The number of amides is 3. The minimum atomic E-state index is -0.507. The Morgan fingerprint density at radius 1 is 0.714 bits per heavy atom.